The van der Waals surface area contributed by atoms with Crippen molar-refractivity contribution in [2.24, 2.45) is 4.99 Å². The summed E-state index contributed by atoms with van der Waals surface area (Å²) in [5, 5.41) is 8.92. The van der Waals surface area contributed by atoms with E-state index in [0.717, 1.165) is 25.3 Å². The Hall–Kier alpha value is -0.390. The summed E-state index contributed by atoms with van der Waals surface area (Å²) in [7, 11) is -3.09. The predicted octanol–water partition coefficient (Wildman–Crippen LogP) is 3.40. The van der Waals surface area contributed by atoms with Gasteiger partial charge in [-0.2, -0.15) is 0 Å². The topological polar surface area (TPSA) is 73.8 Å². The van der Waals surface area contributed by atoms with Crippen LogP contribution in [0.15, 0.2) is 22.5 Å². The summed E-state index contributed by atoms with van der Waals surface area (Å²) in [5.74, 6) is 1.06. The zero-order chi connectivity index (χ0) is 19.9. The fraction of sp³-hybridized carbons (Fsp3) is 0.737. The smallest absolute Gasteiger partial charge is 0.214 e. The third-order valence-electron chi connectivity index (χ3n) is 4.82. The highest BCUT2D eigenvalue weighted by Crippen LogP contribution is 2.27. The van der Waals surface area contributed by atoms with Gasteiger partial charge in [0.05, 0.1) is 12.3 Å². The fourth-order valence-electron chi connectivity index (χ4n) is 3.20. The summed E-state index contributed by atoms with van der Waals surface area (Å²) in [6.45, 7) is 11.1. The molecule has 2 rings (SSSR count). The maximum atomic E-state index is 12.2. The lowest BCUT2D eigenvalue weighted by molar-refractivity contribution is 0.306. The summed E-state index contributed by atoms with van der Waals surface area (Å²) in [6, 6.07) is 4.49. The molecule has 1 aliphatic heterocycles. The Labute approximate surface area is 191 Å². The van der Waals surface area contributed by atoms with Gasteiger partial charge in [0, 0.05) is 36.0 Å². The molecule has 1 aromatic heterocycles. The van der Waals surface area contributed by atoms with Crippen molar-refractivity contribution in [3.05, 3.63) is 22.4 Å². The Kier molecular flexibility index (Phi) is 10.7. The minimum absolute atomic E-state index is 0. The standard InChI is InChI=1S/C19H34N4O2S2.HI/c1-5-14-27(24,25)23-11-9-16(10-12-23)22-18(20-6-2)21-15-19(3,4)17-8-7-13-26-17;/h7-8,13,16H,5-6,9-12,14-15H2,1-4H3,(H2,20,21,22);1H. The van der Waals surface area contributed by atoms with Crippen LogP contribution in [0.25, 0.3) is 0 Å². The highest BCUT2D eigenvalue weighted by molar-refractivity contribution is 14.0. The van der Waals surface area contributed by atoms with E-state index in [-0.39, 0.29) is 41.2 Å². The van der Waals surface area contributed by atoms with Crippen molar-refractivity contribution in [1.29, 1.82) is 0 Å². The molecule has 0 radical (unpaired) electrons. The first kappa shape index (κ1) is 25.6. The second-order valence-electron chi connectivity index (χ2n) is 7.69. The number of piperidine rings is 1. The van der Waals surface area contributed by atoms with Gasteiger partial charge in [-0.3, -0.25) is 4.99 Å². The van der Waals surface area contributed by atoms with E-state index in [9.17, 15) is 8.42 Å². The minimum atomic E-state index is -3.09. The van der Waals surface area contributed by atoms with Crippen molar-refractivity contribution >= 4 is 51.3 Å². The minimum Gasteiger partial charge on any atom is -0.357 e. The van der Waals surface area contributed by atoms with Gasteiger partial charge in [0.1, 0.15) is 0 Å². The fourth-order valence-corrected chi connectivity index (χ4v) is 5.58. The summed E-state index contributed by atoms with van der Waals surface area (Å²) >= 11 is 1.76. The first-order chi connectivity index (χ1) is 12.8. The molecule has 1 aromatic rings. The van der Waals surface area contributed by atoms with E-state index in [1.807, 2.05) is 6.92 Å². The quantitative estimate of drug-likeness (QED) is 0.300. The van der Waals surface area contributed by atoms with Crippen molar-refractivity contribution in [2.45, 2.75) is 58.4 Å². The number of aliphatic imine (C=N–C) groups is 1. The first-order valence-electron chi connectivity index (χ1n) is 9.85. The number of thiophene rings is 1. The maximum absolute atomic E-state index is 12.2. The van der Waals surface area contributed by atoms with Crippen LogP contribution in [-0.2, 0) is 15.4 Å². The molecule has 0 amide bonds. The molecule has 9 heteroatoms. The average Bonchev–Trinajstić information content (AvgIpc) is 3.16. The molecular weight excluding hydrogens is 507 g/mol. The van der Waals surface area contributed by atoms with Gasteiger partial charge in [0.2, 0.25) is 10.0 Å². The molecule has 2 N–H and O–H groups in total. The van der Waals surface area contributed by atoms with Crippen LogP contribution in [-0.4, -0.2) is 56.7 Å². The van der Waals surface area contributed by atoms with Crippen LogP contribution in [0.5, 0.6) is 0 Å². The molecule has 0 aromatic carbocycles. The molecule has 0 unspecified atom stereocenters. The molecule has 0 atom stereocenters. The monoisotopic (exact) mass is 542 g/mol. The van der Waals surface area contributed by atoms with E-state index in [1.54, 1.807) is 15.6 Å². The molecular formula is C19H35IN4O2S2. The number of halogens is 1. The predicted molar refractivity (Wildman–Crippen MR) is 131 cm³/mol. The Morgan fingerprint density at radius 3 is 2.54 bits per heavy atom. The number of hydrogen-bond acceptors (Lipinski definition) is 4. The third kappa shape index (κ3) is 7.46. The number of rotatable bonds is 8. The largest absolute Gasteiger partial charge is 0.357 e. The van der Waals surface area contributed by atoms with Gasteiger partial charge in [0.15, 0.2) is 5.96 Å². The molecule has 162 valence electrons. The van der Waals surface area contributed by atoms with Crippen molar-refractivity contribution in [3.63, 3.8) is 0 Å². The lowest BCUT2D eigenvalue weighted by Gasteiger charge is -2.32. The van der Waals surface area contributed by atoms with Crippen molar-refractivity contribution < 1.29 is 8.42 Å². The highest BCUT2D eigenvalue weighted by Gasteiger charge is 2.28. The van der Waals surface area contributed by atoms with E-state index < -0.39 is 10.0 Å². The van der Waals surface area contributed by atoms with Gasteiger partial charge in [0.25, 0.3) is 0 Å². The number of nitrogens with zero attached hydrogens (tertiary/aromatic N) is 2. The number of sulfonamides is 1. The SMILES string of the molecule is CCCS(=O)(=O)N1CCC(NC(=NCC(C)(C)c2cccs2)NCC)CC1.I. The number of guanidine groups is 1. The van der Waals surface area contributed by atoms with Gasteiger partial charge < -0.3 is 10.6 Å². The van der Waals surface area contributed by atoms with Crippen LogP contribution in [0, 0.1) is 0 Å². The second kappa shape index (κ2) is 11.7. The molecule has 0 aliphatic carbocycles. The van der Waals surface area contributed by atoms with Gasteiger partial charge in [-0.1, -0.05) is 26.8 Å². The van der Waals surface area contributed by atoms with E-state index in [0.29, 0.717) is 26.1 Å². The van der Waals surface area contributed by atoms with Crippen LogP contribution in [0.1, 0.15) is 51.8 Å². The van der Waals surface area contributed by atoms with Crippen LogP contribution < -0.4 is 10.6 Å². The molecule has 0 saturated carbocycles. The van der Waals surface area contributed by atoms with E-state index in [2.05, 4.69) is 48.9 Å². The maximum Gasteiger partial charge on any atom is 0.214 e. The Bertz CT molecular complexity index is 698. The Morgan fingerprint density at radius 1 is 1.32 bits per heavy atom. The number of nitrogens with one attached hydrogen (secondary N) is 2. The van der Waals surface area contributed by atoms with Crippen molar-refractivity contribution in [2.75, 3.05) is 31.9 Å². The van der Waals surface area contributed by atoms with E-state index in [4.69, 9.17) is 4.99 Å². The summed E-state index contributed by atoms with van der Waals surface area (Å²) in [4.78, 5) is 6.13. The summed E-state index contributed by atoms with van der Waals surface area (Å²) in [6.07, 6.45) is 2.28. The lowest BCUT2D eigenvalue weighted by atomic mass is 9.92. The molecule has 0 bridgehead atoms. The van der Waals surface area contributed by atoms with Gasteiger partial charge in [-0.25, -0.2) is 12.7 Å². The Morgan fingerprint density at radius 2 is 2.00 bits per heavy atom. The lowest BCUT2D eigenvalue weighted by Crippen LogP contribution is -2.50. The molecule has 28 heavy (non-hydrogen) atoms. The normalized spacial score (nSPS) is 17.2. The van der Waals surface area contributed by atoms with Crippen LogP contribution in [0.3, 0.4) is 0 Å². The Balaban J connectivity index is 0.00000392. The molecule has 1 aliphatic rings. The van der Waals surface area contributed by atoms with Crippen LogP contribution >= 0.6 is 35.3 Å². The van der Waals surface area contributed by atoms with Gasteiger partial charge in [-0.05, 0) is 37.6 Å². The summed E-state index contributed by atoms with van der Waals surface area (Å²) < 4.78 is 26.1. The second-order valence-corrected chi connectivity index (χ2v) is 10.7. The molecule has 0 spiro atoms. The van der Waals surface area contributed by atoms with Crippen molar-refractivity contribution in [1.82, 2.24) is 14.9 Å². The molecule has 6 nitrogen and oxygen atoms in total. The molecule has 2 heterocycles. The highest BCUT2D eigenvalue weighted by atomic mass is 127. The van der Waals surface area contributed by atoms with Gasteiger partial charge >= 0.3 is 0 Å². The van der Waals surface area contributed by atoms with E-state index in [1.165, 1.54) is 4.88 Å². The number of hydrogen-bond donors (Lipinski definition) is 2. The van der Waals surface area contributed by atoms with Crippen LogP contribution in [0.2, 0.25) is 0 Å². The average molecular weight is 543 g/mol. The molecule has 1 fully saturated rings. The van der Waals surface area contributed by atoms with Crippen LogP contribution in [0.4, 0.5) is 0 Å². The first-order valence-corrected chi connectivity index (χ1v) is 12.3. The van der Waals surface area contributed by atoms with Gasteiger partial charge in [-0.15, -0.1) is 35.3 Å². The molecule has 1 saturated heterocycles. The third-order valence-corrected chi connectivity index (χ3v) is 8.13. The zero-order valence-corrected chi connectivity index (χ0v) is 21.4. The van der Waals surface area contributed by atoms with Crippen molar-refractivity contribution in [3.8, 4) is 0 Å². The van der Waals surface area contributed by atoms with E-state index >= 15 is 0 Å². The summed E-state index contributed by atoms with van der Waals surface area (Å²) in [5.41, 5.74) is -0.00584. The zero-order valence-electron chi connectivity index (χ0n) is 17.4.